The molecule has 0 aromatic carbocycles. The number of nitrogens with zero attached hydrogens (tertiary/aromatic N) is 5. The minimum Gasteiger partial charge on any atom is -0.379 e. The van der Waals surface area contributed by atoms with Gasteiger partial charge in [-0.05, 0) is 14.1 Å². The number of hydrogen-bond acceptors (Lipinski definition) is 5. The molecule has 2 aromatic rings. The van der Waals surface area contributed by atoms with Gasteiger partial charge in [-0.15, -0.1) is 0 Å². The maximum Gasteiger partial charge on any atom is 0.159 e. The molecule has 1 unspecified atom stereocenters. The van der Waals surface area contributed by atoms with Gasteiger partial charge in [0.15, 0.2) is 11.9 Å². The third-order valence-electron chi connectivity index (χ3n) is 2.54. The van der Waals surface area contributed by atoms with Gasteiger partial charge in [0.25, 0.3) is 0 Å². The first-order valence-corrected chi connectivity index (χ1v) is 5.86. The summed E-state index contributed by atoms with van der Waals surface area (Å²) in [7, 11) is 3.94. The molecular formula is C10H15ClN6O. The van der Waals surface area contributed by atoms with E-state index < -0.39 is 6.10 Å². The minimum atomic E-state index is -0.954. The third kappa shape index (κ3) is 2.69. The SMILES string of the molecule is CN(C)CCn1ncc(Cl)c1C(O)c1ncn[nH]1. The van der Waals surface area contributed by atoms with E-state index in [1.165, 1.54) is 12.5 Å². The third-order valence-corrected chi connectivity index (χ3v) is 2.84. The molecule has 2 N–H and O–H groups in total. The zero-order chi connectivity index (χ0) is 13.1. The predicted molar refractivity (Wildman–Crippen MR) is 66.2 cm³/mol. The Balaban J connectivity index is 2.23. The first-order valence-electron chi connectivity index (χ1n) is 5.49. The van der Waals surface area contributed by atoms with Crippen LogP contribution in [0.1, 0.15) is 17.6 Å². The van der Waals surface area contributed by atoms with E-state index in [0.717, 1.165) is 6.54 Å². The molecule has 0 spiro atoms. The molecule has 0 radical (unpaired) electrons. The predicted octanol–water partition coefficient (Wildman–Crippen LogP) is 0.298. The van der Waals surface area contributed by atoms with Gasteiger partial charge in [0.2, 0.25) is 0 Å². The summed E-state index contributed by atoms with van der Waals surface area (Å²) in [5, 5.41) is 21.1. The first-order chi connectivity index (χ1) is 8.59. The van der Waals surface area contributed by atoms with E-state index in [0.29, 0.717) is 23.1 Å². The highest BCUT2D eigenvalue weighted by Crippen LogP contribution is 2.25. The average Bonchev–Trinajstić information content (AvgIpc) is 2.94. The monoisotopic (exact) mass is 270 g/mol. The summed E-state index contributed by atoms with van der Waals surface area (Å²) >= 11 is 6.05. The fourth-order valence-corrected chi connectivity index (χ4v) is 1.84. The van der Waals surface area contributed by atoms with Gasteiger partial charge >= 0.3 is 0 Å². The molecule has 0 aliphatic heterocycles. The van der Waals surface area contributed by atoms with Crippen LogP contribution in [0.25, 0.3) is 0 Å². The number of aliphatic hydroxyl groups is 1. The molecule has 18 heavy (non-hydrogen) atoms. The second-order valence-corrected chi connectivity index (χ2v) is 4.58. The number of halogens is 1. The lowest BCUT2D eigenvalue weighted by molar-refractivity contribution is 0.196. The van der Waals surface area contributed by atoms with Gasteiger partial charge in [0.05, 0.1) is 23.5 Å². The van der Waals surface area contributed by atoms with Crippen molar-refractivity contribution in [2.75, 3.05) is 20.6 Å². The Morgan fingerprint density at radius 2 is 2.33 bits per heavy atom. The second-order valence-electron chi connectivity index (χ2n) is 4.18. The van der Waals surface area contributed by atoms with Crippen LogP contribution in [-0.4, -0.2) is 55.6 Å². The number of nitrogens with one attached hydrogen (secondary N) is 1. The molecule has 1 atom stereocenters. The van der Waals surface area contributed by atoms with Crippen LogP contribution in [0, 0.1) is 0 Å². The number of aromatic nitrogens is 5. The number of H-pyrrole nitrogens is 1. The van der Waals surface area contributed by atoms with Crippen molar-refractivity contribution in [3.8, 4) is 0 Å². The van der Waals surface area contributed by atoms with Crippen LogP contribution >= 0.6 is 11.6 Å². The molecule has 2 aromatic heterocycles. The van der Waals surface area contributed by atoms with Crippen LogP contribution in [0.3, 0.4) is 0 Å². The van der Waals surface area contributed by atoms with Crippen LogP contribution in [0.5, 0.6) is 0 Å². The summed E-state index contributed by atoms with van der Waals surface area (Å²) in [4.78, 5) is 5.95. The molecular weight excluding hydrogens is 256 g/mol. The molecule has 0 saturated heterocycles. The number of rotatable bonds is 5. The van der Waals surface area contributed by atoms with Crippen molar-refractivity contribution in [2.24, 2.45) is 0 Å². The van der Waals surface area contributed by atoms with Crippen LogP contribution in [0.4, 0.5) is 0 Å². The molecule has 2 rings (SSSR count). The summed E-state index contributed by atoms with van der Waals surface area (Å²) in [5.74, 6) is 0.350. The summed E-state index contributed by atoms with van der Waals surface area (Å²) in [6.45, 7) is 1.44. The Morgan fingerprint density at radius 3 is 2.94 bits per heavy atom. The number of hydrogen-bond donors (Lipinski definition) is 2. The Bertz CT molecular complexity index is 494. The summed E-state index contributed by atoms with van der Waals surface area (Å²) in [5.41, 5.74) is 0.523. The topological polar surface area (TPSA) is 82.9 Å². The number of aromatic amines is 1. The first kappa shape index (κ1) is 13.0. The normalized spacial score (nSPS) is 13.2. The number of aliphatic hydroxyl groups excluding tert-OH is 1. The van der Waals surface area contributed by atoms with Crippen molar-refractivity contribution in [2.45, 2.75) is 12.6 Å². The Labute approximate surface area is 109 Å². The fraction of sp³-hybridized carbons (Fsp3) is 0.500. The van der Waals surface area contributed by atoms with E-state index in [4.69, 9.17) is 11.6 Å². The van der Waals surface area contributed by atoms with Gasteiger partial charge in [-0.2, -0.15) is 10.2 Å². The van der Waals surface area contributed by atoms with Gasteiger partial charge in [0.1, 0.15) is 6.33 Å². The van der Waals surface area contributed by atoms with Crippen molar-refractivity contribution >= 4 is 11.6 Å². The maximum atomic E-state index is 10.2. The Hall–Kier alpha value is -1.44. The highest BCUT2D eigenvalue weighted by molar-refractivity contribution is 6.31. The van der Waals surface area contributed by atoms with E-state index >= 15 is 0 Å². The van der Waals surface area contributed by atoms with E-state index in [2.05, 4.69) is 20.3 Å². The summed E-state index contributed by atoms with van der Waals surface area (Å²) < 4.78 is 1.68. The van der Waals surface area contributed by atoms with Crippen molar-refractivity contribution in [1.29, 1.82) is 0 Å². The van der Waals surface area contributed by atoms with Crippen LogP contribution in [0.15, 0.2) is 12.5 Å². The van der Waals surface area contributed by atoms with Gasteiger partial charge in [-0.25, -0.2) is 4.98 Å². The molecule has 8 heteroatoms. The van der Waals surface area contributed by atoms with Crippen LogP contribution < -0.4 is 0 Å². The zero-order valence-electron chi connectivity index (χ0n) is 10.2. The lowest BCUT2D eigenvalue weighted by atomic mass is 10.2. The minimum absolute atomic E-state index is 0.350. The van der Waals surface area contributed by atoms with Gasteiger partial charge in [-0.1, -0.05) is 11.6 Å². The molecule has 2 heterocycles. The van der Waals surface area contributed by atoms with E-state index in [9.17, 15) is 5.11 Å². The van der Waals surface area contributed by atoms with Gasteiger partial charge in [-0.3, -0.25) is 9.78 Å². The van der Waals surface area contributed by atoms with Crippen LogP contribution in [-0.2, 0) is 6.54 Å². The number of likely N-dealkylation sites (N-methyl/N-ethyl adjacent to an activating group) is 1. The van der Waals surface area contributed by atoms with Crippen molar-refractivity contribution in [3.05, 3.63) is 29.1 Å². The summed E-state index contributed by atoms with van der Waals surface area (Å²) in [6, 6.07) is 0. The lowest BCUT2D eigenvalue weighted by Gasteiger charge is -2.14. The van der Waals surface area contributed by atoms with Crippen molar-refractivity contribution < 1.29 is 5.11 Å². The highest BCUT2D eigenvalue weighted by Gasteiger charge is 2.22. The van der Waals surface area contributed by atoms with E-state index in [-0.39, 0.29) is 0 Å². The standard InChI is InChI=1S/C10H15ClN6O/c1-16(2)3-4-17-8(7(11)5-14-17)9(18)10-12-6-13-15-10/h5-6,9,18H,3-4H2,1-2H3,(H,12,13,15). The molecule has 0 bridgehead atoms. The van der Waals surface area contributed by atoms with E-state index in [1.54, 1.807) is 4.68 Å². The average molecular weight is 271 g/mol. The molecule has 7 nitrogen and oxygen atoms in total. The lowest BCUT2D eigenvalue weighted by Crippen LogP contribution is -2.21. The van der Waals surface area contributed by atoms with Crippen LogP contribution in [0.2, 0.25) is 5.02 Å². The zero-order valence-corrected chi connectivity index (χ0v) is 11.0. The Morgan fingerprint density at radius 1 is 1.56 bits per heavy atom. The van der Waals surface area contributed by atoms with Gasteiger partial charge in [0, 0.05) is 6.54 Å². The van der Waals surface area contributed by atoms with E-state index in [1.807, 2.05) is 19.0 Å². The molecule has 0 aliphatic rings. The molecule has 0 amide bonds. The Kier molecular flexibility index (Phi) is 3.95. The van der Waals surface area contributed by atoms with Crippen molar-refractivity contribution in [1.82, 2.24) is 29.9 Å². The molecule has 0 aliphatic carbocycles. The molecule has 0 fully saturated rings. The second kappa shape index (κ2) is 5.47. The molecule has 98 valence electrons. The molecule has 0 saturated carbocycles. The smallest absolute Gasteiger partial charge is 0.159 e. The fourth-order valence-electron chi connectivity index (χ4n) is 1.59. The largest absolute Gasteiger partial charge is 0.379 e. The van der Waals surface area contributed by atoms with Crippen molar-refractivity contribution in [3.63, 3.8) is 0 Å². The highest BCUT2D eigenvalue weighted by atomic mass is 35.5. The maximum absolute atomic E-state index is 10.2. The quantitative estimate of drug-likeness (QED) is 0.816. The summed E-state index contributed by atoms with van der Waals surface area (Å²) in [6.07, 6.45) is 1.91. The van der Waals surface area contributed by atoms with Gasteiger partial charge < -0.3 is 10.0 Å².